The molecule has 9 heteroatoms. The van der Waals surface area contributed by atoms with E-state index in [-0.39, 0.29) is 11.1 Å². The largest absolute Gasteiger partial charge is 0.294 e. The number of H-pyrrole nitrogens is 2. The molecule has 0 radical (unpaired) electrons. The summed E-state index contributed by atoms with van der Waals surface area (Å²) in [7, 11) is 0. The molecule has 0 atom stereocenters. The Morgan fingerprint density at radius 3 is 1.74 bits per heavy atom. The van der Waals surface area contributed by atoms with E-state index in [2.05, 4.69) is 20.2 Å². The maximum absolute atomic E-state index is 14.3. The summed E-state index contributed by atoms with van der Waals surface area (Å²) in [5.74, 6) is -0.454. The predicted octanol–water partition coefficient (Wildman–Crippen LogP) is 3.37. The molecule has 0 aliphatic rings. The van der Waals surface area contributed by atoms with E-state index in [9.17, 15) is 14.0 Å². The normalized spacial score (nSPS) is 11.3. The second kappa shape index (κ2) is 8.43. The average molecular weight is 456 g/mol. The summed E-state index contributed by atoms with van der Waals surface area (Å²) in [6.07, 6.45) is 3.17. The highest BCUT2D eigenvalue weighted by Crippen LogP contribution is 2.32. The number of rotatable bonds is 5. The van der Waals surface area contributed by atoms with Gasteiger partial charge in [-0.15, -0.1) is 0 Å². The molecule has 0 fully saturated rings. The zero-order chi connectivity index (χ0) is 23.8. The zero-order valence-corrected chi connectivity index (χ0v) is 18.5. The Balaban J connectivity index is 1.78. The van der Waals surface area contributed by atoms with Gasteiger partial charge in [0, 0.05) is 29.7 Å². The minimum absolute atomic E-state index is 0.337. The van der Waals surface area contributed by atoms with Crippen LogP contribution in [0.2, 0.25) is 0 Å². The molecule has 34 heavy (non-hydrogen) atoms. The van der Waals surface area contributed by atoms with Crippen molar-refractivity contribution in [2.45, 2.75) is 19.8 Å². The molecule has 2 N–H and O–H groups in total. The Bertz CT molecular complexity index is 1480. The number of halogens is 1. The van der Waals surface area contributed by atoms with Crippen LogP contribution < -0.4 is 11.1 Å². The van der Waals surface area contributed by atoms with Crippen LogP contribution in [0.5, 0.6) is 0 Å². The van der Waals surface area contributed by atoms with Gasteiger partial charge < -0.3 is 0 Å². The van der Waals surface area contributed by atoms with Crippen LogP contribution in [0.25, 0.3) is 11.6 Å². The monoisotopic (exact) mass is 456 g/mol. The number of aryl methyl sites for hydroxylation is 2. The van der Waals surface area contributed by atoms with Crippen molar-refractivity contribution in [1.82, 2.24) is 29.5 Å². The lowest BCUT2D eigenvalue weighted by molar-refractivity contribution is 0.624. The van der Waals surface area contributed by atoms with E-state index in [0.29, 0.717) is 39.7 Å². The van der Waals surface area contributed by atoms with Gasteiger partial charge in [-0.05, 0) is 55.8 Å². The van der Waals surface area contributed by atoms with Crippen LogP contribution in [0.1, 0.15) is 34.0 Å². The van der Waals surface area contributed by atoms with Crippen LogP contribution in [0.15, 0.2) is 82.6 Å². The number of nitrogens with one attached hydrogen (secondary N) is 2. The molecule has 8 nitrogen and oxygen atoms in total. The van der Waals surface area contributed by atoms with Crippen molar-refractivity contribution in [2.24, 2.45) is 0 Å². The highest BCUT2D eigenvalue weighted by molar-refractivity contribution is 5.46. The number of aromatic amines is 2. The molecule has 4 heterocycles. The molecular formula is C25H21FN6O2. The Hall–Kier alpha value is -4.53. The van der Waals surface area contributed by atoms with Gasteiger partial charge >= 0.3 is 0 Å². The Morgan fingerprint density at radius 1 is 0.765 bits per heavy atom. The third kappa shape index (κ3) is 3.57. The molecule has 0 bridgehead atoms. The lowest BCUT2D eigenvalue weighted by Crippen LogP contribution is -2.26. The van der Waals surface area contributed by atoms with Crippen LogP contribution in [0.4, 0.5) is 4.39 Å². The molecular weight excluding hydrogens is 435 g/mol. The zero-order valence-electron chi connectivity index (χ0n) is 18.5. The highest BCUT2D eigenvalue weighted by Gasteiger charge is 2.31. The fraction of sp³-hybridized carbons (Fsp3) is 0.120. The molecule has 0 saturated carbocycles. The molecule has 170 valence electrons. The van der Waals surface area contributed by atoms with Crippen molar-refractivity contribution < 1.29 is 4.39 Å². The summed E-state index contributed by atoms with van der Waals surface area (Å²) in [6, 6.07) is 16.4. The summed E-state index contributed by atoms with van der Waals surface area (Å²) in [5.41, 5.74) is 1.53. The number of aromatic nitrogens is 6. The van der Waals surface area contributed by atoms with E-state index in [1.165, 1.54) is 21.5 Å². The first-order chi connectivity index (χ1) is 16.5. The number of pyridine rings is 2. The minimum atomic E-state index is -0.821. The first-order valence-corrected chi connectivity index (χ1v) is 10.7. The van der Waals surface area contributed by atoms with Crippen molar-refractivity contribution >= 4 is 0 Å². The van der Waals surface area contributed by atoms with Crippen molar-refractivity contribution in [2.75, 3.05) is 0 Å². The summed E-state index contributed by atoms with van der Waals surface area (Å²) in [6.45, 7) is 3.50. The van der Waals surface area contributed by atoms with Crippen molar-refractivity contribution in [3.63, 3.8) is 0 Å². The van der Waals surface area contributed by atoms with Crippen LogP contribution in [-0.4, -0.2) is 29.5 Å². The van der Waals surface area contributed by atoms with E-state index in [0.717, 1.165) is 0 Å². The Kier molecular flexibility index (Phi) is 5.29. The minimum Gasteiger partial charge on any atom is -0.294 e. The Morgan fingerprint density at radius 2 is 1.29 bits per heavy atom. The second-order valence-electron chi connectivity index (χ2n) is 7.95. The summed E-state index contributed by atoms with van der Waals surface area (Å²) in [5, 5.41) is 6.12. The molecule has 0 saturated heterocycles. The predicted molar refractivity (Wildman–Crippen MR) is 125 cm³/mol. The van der Waals surface area contributed by atoms with Crippen LogP contribution in [0.3, 0.4) is 0 Å². The number of benzene rings is 1. The quantitative estimate of drug-likeness (QED) is 0.423. The first kappa shape index (κ1) is 21.3. The number of hydrogen-bond donors (Lipinski definition) is 2. The molecule has 0 unspecified atom stereocenters. The molecule has 5 rings (SSSR count). The molecule has 1 aromatic carbocycles. The fourth-order valence-corrected chi connectivity index (χ4v) is 4.26. The topological polar surface area (TPSA) is 101 Å². The molecule has 0 amide bonds. The lowest BCUT2D eigenvalue weighted by atomic mass is 9.85. The van der Waals surface area contributed by atoms with Crippen LogP contribution in [-0.2, 0) is 0 Å². The number of nitrogens with zero attached hydrogens (tertiary/aromatic N) is 4. The summed E-state index contributed by atoms with van der Waals surface area (Å²) in [4.78, 5) is 35.8. The van der Waals surface area contributed by atoms with Crippen LogP contribution >= 0.6 is 0 Å². The van der Waals surface area contributed by atoms with Gasteiger partial charge in [-0.1, -0.05) is 24.3 Å². The van der Waals surface area contributed by atoms with Gasteiger partial charge in [0.25, 0.3) is 11.1 Å². The second-order valence-corrected chi connectivity index (χ2v) is 7.95. The number of hydrogen-bond acceptors (Lipinski definition) is 4. The summed E-state index contributed by atoms with van der Waals surface area (Å²) >= 11 is 0. The molecule has 0 aliphatic heterocycles. The van der Waals surface area contributed by atoms with Gasteiger partial charge in [0.1, 0.15) is 5.82 Å². The van der Waals surface area contributed by atoms with Crippen LogP contribution in [0, 0.1) is 19.7 Å². The van der Waals surface area contributed by atoms with E-state index in [4.69, 9.17) is 0 Å². The molecule has 5 aromatic rings. The lowest BCUT2D eigenvalue weighted by Gasteiger charge is -2.16. The Labute approximate surface area is 193 Å². The smallest absolute Gasteiger partial charge is 0.277 e. The standard InChI is InChI=1S/C25H21FN6O2/c1-15-21(24(33)31(29-15)19-10-3-5-12-27-19)23(17-8-7-9-18(26)14-17)22-16(2)30-32(25(22)34)20-11-4-6-13-28-20/h3-14,23,29-30H,1-2H3. The SMILES string of the molecule is Cc1[nH]n(-c2ccccn2)c(=O)c1C(c1cccc(F)c1)c1c(C)[nH]n(-c2ccccn2)c1=O. The first-order valence-electron chi connectivity index (χ1n) is 10.7. The van der Waals surface area contributed by atoms with Crippen molar-refractivity contribution in [3.8, 4) is 11.6 Å². The third-order valence-corrected chi connectivity index (χ3v) is 5.75. The van der Waals surface area contributed by atoms with E-state index < -0.39 is 11.7 Å². The van der Waals surface area contributed by atoms with Crippen molar-refractivity contribution in [3.05, 3.63) is 128 Å². The van der Waals surface area contributed by atoms with Gasteiger partial charge in [-0.25, -0.2) is 23.7 Å². The molecule has 0 aliphatic carbocycles. The van der Waals surface area contributed by atoms with Gasteiger partial charge in [0.15, 0.2) is 11.6 Å². The van der Waals surface area contributed by atoms with Gasteiger partial charge in [0.2, 0.25) is 0 Å². The van der Waals surface area contributed by atoms with E-state index >= 15 is 0 Å². The highest BCUT2D eigenvalue weighted by atomic mass is 19.1. The van der Waals surface area contributed by atoms with Gasteiger partial charge in [0.05, 0.1) is 11.1 Å². The third-order valence-electron chi connectivity index (χ3n) is 5.75. The van der Waals surface area contributed by atoms with Gasteiger partial charge in [-0.2, -0.15) is 0 Å². The fourth-order valence-electron chi connectivity index (χ4n) is 4.26. The maximum atomic E-state index is 14.3. The summed E-state index contributed by atoms with van der Waals surface area (Å²) < 4.78 is 17.0. The molecule has 0 spiro atoms. The van der Waals surface area contributed by atoms with Crippen molar-refractivity contribution in [1.29, 1.82) is 0 Å². The maximum Gasteiger partial charge on any atom is 0.277 e. The average Bonchev–Trinajstić information content (AvgIpc) is 3.31. The van der Waals surface area contributed by atoms with E-state index in [1.54, 1.807) is 74.8 Å². The van der Waals surface area contributed by atoms with E-state index in [1.807, 2.05) is 0 Å². The molecule has 4 aromatic heterocycles. The van der Waals surface area contributed by atoms with Gasteiger partial charge in [-0.3, -0.25) is 19.8 Å².